The fourth-order valence-corrected chi connectivity index (χ4v) is 4.11. The predicted molar refractivity (Wildman–Crippen MR) is 129 cm³/mol. The lowest BCUT2D eigenvalue weighted by atomic mass is 9.98. The van der Waals surface area contributed by atoms with Gasteiger partial charge in [0.25, 0.3) is 0 Å². The van der Waals surface area contributed by atoms with Gasteiger partial charge in [-0.1, -0.05) is 54.6 Å². The molecule has 7 heteroatoms. The summed E-state index contributed by atoms with van der Waals surface area (Å²) < 4.78 is 5.53. The number of carboxylic acids is 1. The lowest BCUT2D eigenvalue weighted by molar-refractivity contribution is -0.118. The molecule has 1 aliphatic rings. The van der Waals surface area contributed by atoms with Crippen LogP contribution in [0.1, 0.15) is 33.8 Å². The lowest BCUT2D eigenvalue weighted by Crippen LogP contribution is -2.44. The molecule has 3 aromatic rings. The van der Waals surface area contributed by atoms with Gasteiger partial charge < -0.3 is 20.5 Å². The quantitative estimate of drug-likeness (QED) is 0.422. The van der Waals surface area contributed by atoms with Crippen molar-refractivity contribution in [2.24, 2.45) is 0 Å². The smallest absolute Gasteiger partial charge is 0.407 e. The summed E-state index contributed by atoms with van der Waals surface area (Å²) in [6, 6.07) is 20.9. The van der Waals surface area contributed by atoms with Crippen LogP contribution in [0, 0.1) is 0 Å². The molecule has 0 aromatic heterocycles. The largest absolute Gasteiger partial charge is 0.478 e. The Balaban J connectivity index is 1.39. The highest BCUT2D eigenvalue weighted by atomic mass is 16.5. The molecule has 7 nitrogen and oxygen atoms in total. The molecule has 0 spiro atoms. The first-order valence-corrected chi connectivity index (χ1v) is 10.8. The SMILES string of the molecule is C=CCC(NC(=O)OCC1c2ccccc2-c2ccccc21)C(=O)Nc1ccc(C(=O)O)cc1. The maximum atomic E-state index is 12.7. The lowest BCUT2D eigenvalue weighted by Gasteiger charge is -2.19. The van der Waals surface area contributed by atoms with Crippen LogP contribution in [0.2, 0.25) is 0 Å². The number of rotatable bonds is 8. The van der Waals surface area contributed by atoms with Gasteiger partial charge in [-0.3, -0.25) is 4.79 Å². The molecule has 3 N–H and O–H groups in total. The van der Waals surface area contributed by atoms with E-state index in [0.29, 0.717) is 5.69 Å². The second kappa shape index (κ2) is 10.0. The van der Waals surface area contributed by atoms with E-state index >= 15 is 0 Å². The van der Waals surface area contributed by atoms with Gasteiger partial charge in [-0.25, -0.2) is 9.59 Å². The molecule has 3 aromatic carbocycles. The number of carbonyl (C=O) groups is 3. The van der Waals surface area contributed by atoms with Crippen molar-refractivity contribution in [3.05, 3.63) is 102 Å². The van der Waals surface area contributed by atoms with Crippen LogP contribution < -0.4 is 10.6 Å². The van der Waals surface area contributed by atoms with Crippen LogP contribution in [0.5, 0.6) is 0 Å². The Morgan fingerprint density at radius 1 is 0.941 bits per heavy atom. The molecule has 4 rings (SSSR count). The molecule has 1 aliphatic carbocycles. The van der Waals surface area contributed by atoms with Gasteiger partial charge in [0, 0.05) is 11.6 Å². The van der Waals surface area contributed by atoms with E-state index < -0.39 is 24.0 Å². The Hall–Kier alpha value is -4.39. The van der Waals surface area contributed by atoms with Crippen molar-refractivity contribution in [2.75, 3.05) is 11.9 Å². The van der Waals surface area contributed by atoms with E-state index in [1.165, 1.54) is 30.3 Å². The maximum Gasteiger partial charge on any atom is 0.407 e. The van der Waals surface area contributed by atoms with Crippen molar-refractivity contribution in [1.29, 1.82) is 0 Å². The van der Waals surface area contributed by atoms with E-state index in [1.807, 2.05) is 36.4 Å². The molecule has 0 fully saturated rings. The van der Waals surface area contributed by atoms with Crippen molar-refractivity contribution >= 4 is 23.7 Å². The molecule has 0 saturated heterocycles. The number of aromatic carboxylic acids is 1. The normalized spacial score (nSPS) is 12.7. The fraction of sp³-hybridized carbons (Fsp3) is 0.148. The third-order valence-corrected chi connectivity index (χ3v) is 5.75. The number of anilines is 1. The number of benzene rings is 3. The molecule has 0 saturated carbocycles. The van der Waals surface area contributed by atoms with E-state index in [-0.39, 0.29) is 24.5 Å². The van der Waals surface area contributed by atoms with E-state index in [9.17, 15) is 14.4 Å². The van der Waals surface area contributed by atoms with Crippen LogP contribution in [-0.4, -0.2) is 35.7 Å². The van der Waals surface area contributed by atoms with E-state index in [4.69, 9.17) is 9.84 Å². The van der Waals surface area contributed by atoms with Crippen LogP contribution in [0.4, 0.5) is 10.5 Å². The number of nitrogens with one attached hydrogen (secondary N) is 2. The summed E-state index contributed by atoms with van der Waals surface area (Å²) >= 11 is 0. The second-order valence-corrected chi connectivity index (χ2v) is 7.92. The molecule has 0 heterocycles. The molecule has 0 radical (unpaired) electrons. The first-order chi connectivity index (χ1) is 16.5. The molecule has 1 atom stereocenters. The topological polar surface area (TPSA) is 105 Å². The minimum atomic E-state index is -1.06. The van der Waals surface area contributed by atoms with Gasteiger partial charge in [0.2, 0.25) is 5.91 Å². The highest BCUT2D eigenvalue weighted by Gasteiger charge is 2.29. The van der Waals surface area contributed by atoms with Crippen LogP contribution in [0.3, 0.4) is 0 Å². The Morgan fingerprint density at radius 3 is 2.09 bits per heavy atom. The van der Waals surface area contributed by atoms with Gasteiger partial charge in [-0.05, 0) is 52.9 Å². The van der Waals surface area contributed by atoms with Crippen LogP contribution in [0.25, 0.3) is 11.1 Å². The van der Waals surface area contributed by atoms with Gasteiger partial charge in [0.05, 0.1) is 5.56 Å². The van der Waals surface area contributed by atoms with E-state index in [2.05, 4.69) is 29.3 Å². The zero-order valence-electron chi connectivity index (χ0n) is 18.4. The third kappa shape index (κ3) is 4.83. The Labute approximate surface area is 197 Å². The number of carbonyl (C=O) groups excluding carboxylic acids is 2. The average Bonchev–Trinajstić information content (AvgIpc) is 3.16. The summed E-state index contributed by atoms with van der Waals surface area (Å²) in [6.45, 7) is 3.79. The summed E-state index contributed by atoms with van der Waals surface area (Å²) in [5.41, 5.74) is 4.98. The molecule has 0 bridgehead atoms. The number of carboxylic acid groups (broad SMARTS) is 1. The Bertz CT molecular complexity index is 1190. The summed E-state index contributed by atoms with van der Waals surface area (Å²) in [5.74, 6) is -1.60. The summed E-state index contributed by atoms with van der Waals surface area (Å²) in [6.07, 6.45) is 1.02. The zero-order chi connectivity index (χ0) is 24.1. The molecular weight excluding hydrogens is 432 g/mol. The van der Waals surface area contributed by atoms with Crippen LogP contribution in [0.15, 0.2) is 85.5 Å². The third-order valence-electron chi connectivity index (χ3n) is 5.75. The first kappa shape index (κ1) is 22.8. The van der Waals surface area contributed by atoms with Crippen LogP contribution in [-0.2, 0) is 9.53 Å². The van der Waals surface area contributed by atoms with Gasteiger partial charge >= 0.3 is 12.1 Å². The standard InChI is InChI=1S/C27H24N2O5/c1-2-7-24(25(30)28-18-14-12-17(13-15-18)26(31)32)29-27(33)34-16-23-21-10-5-3-8-19(21)20-9-4-6-11-22(20)23/h2-6,8-15,23-24H,1,7,16H2,(H,28,30)(H,29,33)(H,31,32). The monoisotopic (exact) mass is 456 g/mol. The van der Waals surface area contributed by atoms with E-state index in [1.54, 1.807) is 0 Å². The van der Waals surface area contributed by atoms with Crippen molar-refractivity contribution in [2.45, 2.75) is 18.4 Å². The number of alkyl carbamates (subject to hydrolysis) is 1. The molecule has 0 aliphatic heterocycles. The maximum absolute atomic E-state index is 12.7. The molecular formula is C27H24N2O5. The van der Waals surface area contributed by atoms with Crippen LogP contribution >= 0.6 is 0 Å². The predicted octanol–water partition coefficient (Wildman–Crippen LogP) is 4.81. The zero-order valence-corrected chi connectivity index (χ0v) is 18.4. The van der Waals surface area contributed by atoms with Gasteiger partial charge in [0.15, 0.2) is 0 Å². The highest BCUT2D eigenvalue weighted by molar-refractivity contribution is 5.97. The number of amides is 2. The second-order valence-electron chi connectivity index (χ2n) is 7.92. The molecule has 1 unspecified atom stereocenters. The minimum Gasteiger partial charge on any atom is -0.478 e. The number of hydrogen-bond acceptors (Lipinski definition) is 4. The fourth-order valence-electron chi connectivity index (χ4n) is 4.11. The van der Waals surface area contributed by atoms with Gasteiger partial charge in [-0.15, -0.1) is 6.58 Å². The minimum absolute atomic E-state index is 0.0856. The Kier molecular flexibility index (Phi) is 6.73. The number of hydrogen-bond donors (Lipinski definition) is 3. The first-order valence-electron chi connectivity index (χ1n) is 10.8. The number of ether oxygens (including phenoxy) is 1. The highest BCUT2D eigenvalue weighted by Crippen LogP contribution is 2.44. The Morgan fingerprint density at radius 2 is 1.53 bits per heavy atom. The van der Waals surface area contributed by atoms with Gasteiger partial charge in [0.1, 0.15) is 12.6 Å². The summed E-state index contributed by atoms with van der Waals surface area (Å²) in [5, 5.41) is 14.3. The van der Waals surface area contributed by atoms with E-state index in [0.717, 1.165) is 22.3 Å². The van der Waals surface area contributed by atoms with Gasteiger partial charge in [-0.2, -0.15) is 0 Å². The van der Waals surface area contributed by atoms with Crippen molar-refractivity contribution in [1.82, 2.24) is 5.32 Å². The molecule has 34 heavy (non-hydrogen) atoms. The summed E-state index contributed by atoms with van der Waals surface area (Å²) in [7, 11) is 0. The average molecular weight is 456 g/mol. The van der Waals surface area contributed by atoms with Crippen molar-refractivity contribution in [3.63, 3.8) is 0 Å². The number of fused-ring (bicyclic) bond motifs is 3. The van der Waals surface area contributed by atoms with Crippen molar-refractivity contribution in [3.8, 4) is 11.1 Å². The van der Waals surface area contributed by atoms with Crippen molar-refractivity contribution < 1.29 is 24.2 Å². The molecule has 2 amide bonds. The molecule has 172 valence electrons. The summed E-state index contributed by atoms with van der Waals surface area (Å²) in [4.78, 5) is 36.3.